The van der Waals surface area contributed by atoms with E-state index in [0.717, 1.165) is 23.5 Å². The van der Waals surface area contributed by atoms with E-state index in [1.54, 1.807) is 0 Å². The van der Waals surface area contributed by atoms with Gasteiger partial charge in [0.05, 0.1) is 16.4 Å². The number of aliphatic hydroxyl groups is 1. The van der Waals surface area contributed by atoms with Crippen molar-refractivity contribution in [2.75, 3.05) is 0 Å². The number of hydrogen-bond acceptors (Lipinski definition) is 6. The second kappa shape index (κ2) is 5.47. The highest BCUT2D eigenvalue weighted by Crippen LogP contribution is 2.33. The molecule has 100 valence electrons. The maximum Gasteiger partial charge on any atom is 0.305 e. The number of ether oxygens (including phenoxy) is 1. The van der Waals surface area contributed by atoms with Crippen molar-refractivity contribution in [3.8, 4) is 10.9 Å². The minimum absolute atomic E-state index is 0.0537. The summed E-state index contributed by atoms with van der Waals surface area (Å²) < 4.78 is 18.6. The first-order chi connectivity index (χ1) is 9.01. The van der Waals surface area contributed by atoms with Crippen LogP contribution in [0.25, 0.3) is 0 Å². The van der Waals surface area contributed by atoms with E-state index in [-0.39, 0.29) is 22.7 Å². The Kier molecular flexibility index (Phi) is 3.93. The summed E-state index contributed by atoms with van der Waals surface area (Å²) in [5.41, 5.74) is -0.638. The highest BCUT2D eigenvalue weighted by Gasteiger charge is 2.16. The number of nitro groups is 1. The van der Waals surface area contributed by atoms with E-state index in [9.17, 15) is 14.5 Å². The largest absolute Gasteiger partial charge is 0.431 e. The van der Waals surface area contributed by atoms with Crippen LogP contribution in [0.5, 0.6) is 10.9 Å². The summed E-state index contributed by atoms with van der Waals surface area (Å²) in [6.45, 7) is -0.283. The topological polar surface area (TPSA) is 85.5 Å². The summed E-state index contributed by atoms with van der Waals surface area (Å²) in [4.78, 5) is 13.8. The van der Waals surface area contributed by atoms with Crippen LogP contribution in [0, 0.1) is 15.9 Å². The predicted octanol–water partition coefficient (Wildman–Crippen LogP) is 3.13. The fourth-order valence-electron chi connectivity index (χ4n) is 1.25. The molecule has 1 heterocycles. The van der Waals surface area contributed by atoms with Crippen molar-refractivity contribution < 1.29 is 19.2 Å². The predicted molar refractivity (Wildman–Crippen MR) is 66.2 cm³/mol. The van der Waals surface area contributed by atoms with Crippen molar-refractivity contribution in [1.82, 2.24) is 4.98 Å². The molecular formula is C10H6ClFN2O4S. The minimum Gasteiger partial charge on any atom is -0.431 e. The van der Waals surface area contributed by atoms with Gasteiger partial charge in [0.2, 0.25) is 5.82 Å². The number of benzene rings is 1. The Labute approximate surface area is 115 Å². The number of aliphatic hydroxyl groups excluding tert-OH is 1. The molecule has 0 unspecified atom stereocenters. The average Bonchev–Trinajstić information content (AvgIpc) is 2.69. The van der Waals surface area contributed by atoms with Crippen LogP contribution in [-0.4, -0.2) is 15.0 Å². The monoisotopic (exact) mass is 304 g/mol. The normalized spacial score (nSPS) is 10.5. The molecule has 2 aromatic rings. The third kappa shape index (κ3) is 2.98. The SMILES string of the molecule is O=[N+]([O-])c1ccc(Oc2nc(Cl)c(CO)s2)cc1F. The second-order valence-electron chi connectivity index (χ2n) is 3.32. The van der Waals surface area contributed by atoms with Crippen molar-refractivity contribution in [2.24, 2.45) is 0 Å². The number of thiazole rings is 1. The van der Waals surface area contributed by atoms with Gasteiger partial charge < -0.3 is 9.84 Å². The van der Waals surface area contributed by atoms with Crippen LogP contribution in [0.1, 0.15) is 4.88 Å². The van der Waals surface area contributed by atoms with Crippen molar-refractivity contribution in [2.45, 2.75) is 6.61 Å². The molecule has 1 aromatic carbocycles. The van der Waals surface area contributed by atoms with Crippen LogP contribution in [0.15, 0.2) is 18.2 Å². The molecule has 0 radical (unpaired) electrons. The van der Waals surface area contributed by atoms with E-state index in [2.05, 4.69) is 4.98 Å². The summed E-state index contributed by atoms with van der Waals surface area (Å²) in [5, 5.41) is 19.6. The summed E-state index contributed by atoms with van der Waals surface area (Å²) >= 11 is 6.70. The quantitative estimate of drug-likeness (QED) is 0.693. The Balaban J connectivity index is 2.23. The molecule has 0 aliphatic heterocycles. The lowest BCUT2D eigenvalue weighted by atomic mass is 10.3. The summed E-state index contributed by atoms with van der Waals surface area (Å²) in [7, 11) is 0. The molecular weight excluding hydrogens is 299 g/mol. The summed E-state index contributed by atoms with van der Waals surface area (Å²) in [6, 6.07) is 3.12. The number of aromatic nitrogens is 1. The van der Waals surface area contributed by atoms with Gasteiger partial charge in [-0.1, -0.05) is 22.9 Å². The first kappa shape index (κ1) is 13.7. The van der Waals surface area contributed by atoms with Crippen molar-refractivity contribution >= 4 is 28.6 Å². The van der Waals surface area contributed by atoms with E-state index in [0.29, 0.717) is 4.88 Å². The Morgan fingerprint density at radius 3 is 2.84 bits per heavy atom. The van der Waals surface area contributed by atoms with E-state index < -0.39 is 16.4 Å². The standard InChI is InChI=1S/C10H6ClFN2O4S/c11-9-8(4-15)19-10(13-9)18-5-1-2-7(14(16)17)6(12)3-5/h1-3,15H,4H2. The molecule has 0 atom stereocenters. The molecule has 2 rings (SSSR count). The molecule has 0 spiro atoms. The van der Waals surface area contributed by atoms with Crippen LogP contribution < -0.4 is 4.74 Å². The lowest BCUT2D eigenvalue weighted by Gasteiger charge is -2.01. The third-order valence-corrected chi connectivity index (χ3v) is 3.44. The first-order valence-electron chi connectivity index (χ1n) is 4.89. The van der Waals surface area contributed by atoms with Crippen molar-refractivity contribution in [3.05, 3.63) is 44.2 Å². The summed E-state index contributed by atoms with van der Waals surface area (Å²) in [5.74, 6) is -0.953. The molecule has 9 heteroatoms. The molecule has 0 amide bonds. The fraction of sp³-hybridized carbons (Fsp3) is 0.100. The molecule has 0 aliphatic rings. The Morgan fingerprint density at radius 2 is 2.32 bits per heavy atom. The van der Waals surface area contributed by atoms with E-state index in [4.69, 9.17) is 21.4 Å². The smallest absolute Gasteiger partial charge is 0.305 e. The second-order valence-corrected chi connectivity index (χ2v) is 4.73. The number of nitrogens with zero attached hydrogens (tertiary/aromatic N) is 2. The number of hydrogen-bond donors (Lipinski definition) is 1. The van der Waals surface area contributed by atoms with Gasteiger partial charge in [0.25, 0.3) is 5.19 Å². The third-order valence-electron chi connectivity index (χ3n) is 2.09. The molecule has 0 bridgehead atoms. The zero-order valence-electron chi connectivity index (χ0n) is 9.17. The van der Waals surface area contributed by atoms with Gasteiger partial charge in [-0.15, -0.1) is 0 Å². The zero-order chi connectivity index (χ0) is 14.0. The minimum atomic E-state index is -1.01. The molecule has 1 aromatic heterocycles. The molecule has 1 N–H and O–H groups in total. The molecule has 0 fully saturated rings. The zero-order valence-corrected chi connectivity index (χ0v) is 10.7. The lowest BCUT2D eigenvalue weighted by Crippen LogP contribution is -1.93. The lowest BCUT2D eigenvalue weighted by molar-refractivity contribution is -0.387. The van der Waals surface area contributed by atoms with Gasteiger partial charge in [-0.25, -0.2) is 0 Å². The Morgan fingerprint density at radius 1 is 1.58 bits per heavy atom. The maximum absolute atomic E-state index is 13.3. The summed E-state index contributed by atoms with van der Waals surface area (Å²) in [6.07, 6.45) is 0. The van der Waals surface area contributed by atoms with Gasteiger partial charge in [-0.05, 0) is 6.07 Å². The van der Waals surface area contributed by atoms with E-state index >= 15 is 0 Å². The van der Waals surface area contributed by atoms with Gasteiger partial charge in [-0.2, -0.15) is 9.37 Å². The maximum atomic E-state index is 13.3. The van der Waals surface area contributed by atoms with Gasteiger partial charge in [0, 0.05) is 12.1 Å². The van der Waals surface area contributed by atoms with Crippen LogP contribution in [-0.2, 0) is 6.61 Å². The van der Waals surface area contributed by atoms with Crippen LogP contribution in [0.3, 0.4) is 0 Å². The fourth-order valence-corrected chi connectivity index (χ4v) is 2.24. The van der Waals surface area contributed by atoms with E-state index in [1.807, 2.05) is 0 Å². The van der Waals surface area contributed by atoms with Crippen molar-refractivity contribution in [1.29, 1.82) is 0 Å². The van der Waals surface area contributed by atoms with Gasteiger partial charge in [0.15, 0.2) is 0 Å². The van der Waals surface area contributed by atoms with Gasteiger partial charge in [0.1, 0.15) is 10.9 Å². The van der Waals surface area contributed by atoms with Crippen molar-refractivity contribution in [3.63, 3.8) is 0 Å². The number of rotatable bonds is 4. The van der Waals surface area contributed by atoms with Gasteiger partial charge in [-0.3, -0.25) is 10.1 Å². The Hall–Kier alpha value is -1.77. The van der Waals surface area contributed by atoms with Crippen LogP contribution in [0.2, 0.25) is 5.15 Å². The first-order valence-corrected chi connectivity index (χ1v) is 6.08. The highest BCUT2D eigenvalue weighted by molar-refractivity contribution is 7.13. The molecule has 19 heavy (non-hydrogen) atoms. The molecule has 0 saturated carbocycles. The molecule has 0 aliphatic carbocycles. The average molecular weight is 305 g/mol. The highest BCUT2D eigenvalue weighted by atomic mass is 35.5. The number of nitro benzene ring substituents is 1. The van der Waals surface area contributed by atoms with Crippen LogP contribution >= 0.6 is 22.9 Å². The van der Waals surface area contributed by atoms with E-state index in [1.165, 1.54) is 6.07 Å². The van der Waals surface area contributed by atoms with Gasteiger partial charge >= 0.3 is 5.69 Å². The number of halogens is 2. The molecule has 0 saturated heterocycles. The molecule has 6 nitrogen and oxygen atoms in total. The van der Waals surface area contributed by atoms with Crippen LogP contribution in [0.4, 0.5) is 10.1 Å². The Bertz CT molecular complexity index is 634.